The van der Waals surface area contributed by atoms with Gasteiger partial charge in [-0.3, -0.25) is 10.1 Å². The smallest absolute Gasteiger partial charge is 0.270 e. The van der Waals surface area contributed by atoms with Crippen LogP contribution in [0.15, 0.2) is 114 Å². The van der Waals surface area contributed by atoms with Crippen LogP contribution in [0.4, 0.5) is 11.4 Å². The number of nitro groups is 1. The number of aromatic nitrogens is 3. The molecule has 8 nitrogen and oxygen atoms in total. The first-order chi connectivity index (χ1) is 19.0. The zero-order chi connectivity index (χ0) is 26.8. The number of aliphatic imine (C=N–C) groups is 1. The van der Waals surface area contributed by atoms with Crippen molar-refractivity contribution in [1.82, 2.24) is 15.0 Å². The molecule has 39 heavy (non-hydrogen) atoms. The summed E-state index contributed by atoms with van der Waals surface area (Å²) < 4.78 is 0. The molecule has 0 aliphatic rings. The number of imidazole rings is 1. The van der Waals surface area contributed by atoms with Crippen molar-refractivity contribution in [3.8, 4) is 17.1 Å². The number of H-pyrrole nitrogens is 2. The van der Waals surface area contributed by atoms with E-state index in [-0.39, 0.29) is 11.6 Å². The summed E-state index contributed by atoms with van der Waals surface area (Å²) in [5, 5.41) is 22.8. The van der Waals surface area contributed by atoms with Gasteiger partial charge in [0.25, 0.3) is 5.69 Å². The molecule has 0 fully saturated rings. The molecule has 6 aromatic rings. The van der Waals surface area contributed by atoms with Crippen LogP contribution in [-0.4, -0.2) is 30.7 Å². The molecule has 0 radical (unpaired) electrons. The third-order valence-corrected chi connectivity index (χ3v) is 6.52. The maximum Gasteiger partial charge on any atom is 0.270 e. The second-order valence-corrected chi connectivity index (χ2v) is 9.11. The third kappa shape index (κ3) is 4.91. The fourth-order valence-electron chi connectivity index (χ4n) is 4.61. The van der Waals surface area contributed by atoms with Gasteiger partial charge in [0.1, 0.15) is 5.82 Å². The largest absolute Gasteiger partial charge is 0.494 e. The Morgan fingerprint density at radius 3 is 2.33 bits per heavy atom. The molecule has 3 N–H and O–H groups in total. The molecule has 2 aromatic heterocycles. The number of non-ortho nitro benzene ring substituents is 1. The van der Waals surface area contributed by atoms with Crippen molar-refractivity contribution in [2.75, 3.05) is 0 Å². The molecule has 0 atom stereocenters. The summed E-state index contributed by atoms with van der Waals surface area (Å²) in [4.78, 5) is 26.7. The van der Waals surface area contributed by atoms with Crippen LogP contribution in [0.3, 0.4) is 0 Å². The van der Waals surface area contributed by atoms with Gasteiger partial charge in [-0.2, -0.15) is 0 Å². The number of nitro benzene ring substituents is 1. The average molecular weight is 514 g/mol. The highest BCUT2D eigenvalue weighted by atomic mass is 16.6. The Morgan fingerprint density at radius 1 is 0.897 bits per heavy atom. The molecule has 0 bridgehead atoms. The fourth-order valence-corrected chi connectivity index (χ4v) is 4.61. The van der Waals surface area contributed by atoms with Crippen molar-refractivity contribution in [1.29, 1.82) is 0 Å². The Morgan fingerprint density at radius 2 is 1.62 bits per heavy atom. The van der Waals surface area contributed by atoms with Crippen LogP contribution in [0.5, 0.6) is 5.88 Å². The summed E-state index contributed by atoms with van der Waals surface area (Å²) in [7, 11) is 0. The molecule has 0 aliphatic carbocycles. The Hall–Kier alpha value is -5.50. The van der Waals surface area contributed by atoms with E-state index in [0.29, 0.717) is 27.9 Å². The van der Waals surface area contributed by atoms with Crippen LogP contribution < -0.4 is 0 Å². The summed E-state index contributed by atoms with van der Waals surface area (Å²) in [5.74, 6) is 0.779. The summed E-state index contributed by atoms with van der Waals surface area (Å²) in [6, 6.07) is 31.8. The van der Waals surface area contributed by atoms with E-state index < -0.39 is 4.92 Å². The monoisotopic (exact) mass is 513 g/mol. The van der Waals surface area contributed by atoms with E-state index in [9.17, 15) is 15.2 Å². The number of benzene rings is 4. The Balaban J connectivity index is 1.37. The second-order valence-electron chi connectivity index (χ2n) is 9.11. The van der Waals surface area contributed by atoms with Gasteiger partial charge in [-0.1, -0.05) is 72.8 Å². The van der Waals surface area contributed by atoms with Crippen LogP contribution in [0.2, 0.25) is 0 Å². The Bertz CT molecular complexity index is 1800. The summed E-state index contributed by atoms with van der Waals surface area (Å²) >= 11 is 0. The first-order valence-electron chi connectivity index (χ1n) is 12.4. The van der Waals surface area contributed by atoms with Crippen LogP contribution >= 0.6 is 0 Å². The molecule has 2 heterocycles. The zero-order valence-corrected chi connectivity index (χ0v) is 20.7. The van der Waals surface area contributed by atoms with E-state index in [4.69, 9.17) is 4.99 Å². The number of nitrogens with zero attached hydrogens (tertiary/aromatic N) is 3. The molecule has 4 aromatic carbocycles. The minimum absolute atomic E-state index is 0.0642. The van der Waals surface area contributed by atoms with Gasteiger partial charge < -0.3 is 15.1 Å². The number of aromatic amines is 2. The maximum absolute atomic E-state index is 11.4. The number of hydrogen-bond acceptors (Lipinski definition) is 5. The number of hydrogen-bond donors (Lipinski definition) is 3. The van der Waals surface area contributed by atoms with E-state index in [1.165, 1.54) is 17.7 Å². The Kier molecular flexibility index (Phi) is 6.18. The van der Waals surface area contributed by atoms with Crippen molar-refractivity contribution in [3.63, 3.8) is 0 Å². The summed E-state index contributed by atoms with van der Waals surface area (Å²) in [5.41, 5.74) is 5.91. The number of aromatic hydroxyl groups is 1. The van der Waals surface area contributed by atoms with Gasteiger partial charge >= 0.3 is 0 Å². The quantitative estimate of drug-likeness (QED) is 0.122. The SMILES string of the molecule is O=[N+]([O-])c1ccc2[nH]c(O)c(C(=Nc3ccc(-c4cnc(Cc5ccccc5)[nH]4)cc3)c3ccccc3)c2c1. The highest BCUT2D eigenvalue weighted by molar-refractivity contribution is 6.22. The highest BCUT2D eigenvalue weighted by Crippen LogP contribution is 2.34. The zero-order valence-electron chi connectivity index (χ0n) is 20.7. The van der Waals surface area contributed by atoms with Crippen molar-refractivity contribution in [2.45, 2.75) is 6.42 Å². The van der Waals surface area contributed by atoms with E-state index in [1.807, 2.05) is 79.0 Å². The minimum Gasteiger partial charge on any atom is -0.494 e. The van der Waals surface area contributed by atoms with Gasteiger partial charge in [0.2, 0.25) is 0 Å². The van der Waals surface area contributed by atoms with E-state index in [0.717, 1.165) is 29.1 Å². The number of nitrogens with one attached hydrogen (secondary N) is 2. The van der Waals surface area contributed by atoms with Gasteiger partial charge in [0.05, 0.1) is 33.8 Å². The Labute approximate surface area is 223 Å². The van der Waals surface area contributed by atoms with Gasteiger partial charge in [-0.25, -0.2) is 9.98 Å². The van der Waals surface area contributed by atoms with Gasteiger partial charge in [0.15, 0.2) is 5.88 Å². The van der Waals surface area contributed by atoms with E-state index in [1.54, 1.807) is 6.07 Å². The predicted molar refractivity (Wildman–Crippen MR) is 152 cm³/mol. The van der Waals surface area contributed by atoms with Crippen molar-refractivity contribution >= 4 is 28.0 Å². The van der Waals surface area contributed by atoms with Crippen molar-refractivity contribution in [3.05, 3.63) is 142 Å². The van der Waals surface area contributed by atoms with Crippen molar-refractivity contribution in [2.24, 2.45) is 4.99 Å². The first kappa shape index (κ1) is 23.9. The topological polar surface area (TPSA) is 120 Å². The lowest BCUT2D eigenvalue weighted by molar-refractivity contribution is -0.384. The van der Waals surface area contributed by atoms with E-state index in [2.05, 4.69) is 27.1 Å². The molecular formula is C31H23N5O3. The van der Waals surface area contributed by atoms with Gasteiger partial charge in [-0.15, -0.1) is 0 Å². The van der Waals surface area contributed by atoms with Gasteiger partial charge in [0, 0.05) is 35.0 Å². The molecule has 0 saturated heterocycles. The molecular weight excluding hydrogens is 490 g/mol. The molecule has 6 rings (SSSR count). The highest BCUT2D eigenvalue weighted by Gasteiger charge is 2.21. The summed E-state index contributed by atoms with van der Waals surface area (Å²) in [6.45, 7) is 0. The average Bonchev–Trinajstić information content (AvgIpc) is 3.56. The fraction of sp³-hybridized carbons (Fsp3) is 0.0323. The molecule has 190 valence electrons. The van der Waals surface area contributed by atoms with Crippen molar-refractivity contribution < 1.29 is 10.0 Å². The lowest BCUT2D eigenvalue weighted by Crippen LogP contribution is -2.03. The number of fused-ring (bicyclic) bond motifs is 1. The predicted octanol–water partition coefficient (Wildman–Crippen LogP) is 6.93. The lowest BCUT2D eigenvalue weighted by atomic mass is 10.0. The van der Waals surface area contributed by atoms with Crippen LogP contribution in [-0.2, 0) is 6.42 Å². The molecule has 0 spiro atoms. The van der Waals surface area contributed by atoms with Crippen LogP contribution in [0.25, 0.3) is 22.2 Å². The lowest BCUT2D eigenvalue weighted by Gasteiger charge is -2.08. The molecule has 0 aliphatic heterocycles. The first-order valence-corrected chi connectivity index (χ1v) is 12.4. The minimum atomic E-state index is -0.452. The van der Waals surface area contributed by atoms with Crippen LogP contribution in [0, 0.1) is 10.1 Å². The third-order valence-electron chi connectivity index (χ3n) is 6.52. The maximum atomic E-state index is 11.4. The van der Waals surface area contributed by atoms with Gasteiger partial charge in [-0.05, 0) is 29.3 Å². The number of rotatable bonds is 7. The standard InChI is InChI=1S/C31H23N5O3/c37-31-29(25-18-24(36(38)39)15-16-26(25)35-31)30(22-9-5-2-6-10-22)33-23-13-11-21(12-14-23)27-19-32-28(34-27)17-20-7-3-1-4-8-20/h1-16,18-19,35,37H,17H2,(H,32,34). The molecule has 0 unspecified atom stereocenters. The molecule has 8 heteroatoms. The van der Waals surface area contributed by atoms with E-state index >= 15 is 0 Å². The van der Waals surface area contributed by atoms with Crippen LogP contribution in [0.1, 0.15) is 22.5 Å². The second kappa shape index (κ2) is 10.1. The molecule has 0 saturated carbocycles. The summed E-state index contributed by atoms with van der Waals surface area (Å²) in [6.07, 6.45) is 2.54. The normalized spacial score (nSPS) is 11.6. The molecule has 0 amide bonds.